The molecule has 0 atom stereocenters. The molecule has 0 aliphatic carbocycles. The van der Waals surface area contributed by atoms with E-state index in [0.717, 1.165) is 5.56 Å². The third kappa shape index (κ3) is 8.73. The Balaban J connectivity index is 0.00000484. The number of benzene rings is 1. The Morgan fingerprint density at radius 2 is 2.04 bits per heavy atom. The van der Waals surface area contributed by atoms with Crippen LogP contribution in [0.3, 0.4) is 0 Å². The van der Waals surface area contributed by atoms with Crippen LogP contribution in [-0.2, 0) is 16.6 Å². The summed E-state index contributed by atoms with van der Waals surface area (Å²) in [7, 11) is 0.441. The van der Waals surface area contributed by atoms with E-state index in [1.165, 1.54) is 0 Å². The van der Waals surface area contributed by atoms with Crippen LogP contribution in [0, 0.1) is 0 Å². The van der Waals surface area contributed by atoms with Crippen molar-refractivity contribution in [2.24, 2.45) is 4.99 Å². The van der Waals surface area contributed by atoms with Crippen LogP contribution < -0.4 is 10.0 Å². The van der Waals surface area contributed by atoms with E-state index in [-0.39, 0.29) is 29.7 Å². The third-order valence-corrected chi connectivity index (χ3v) is 4.63. The topological polar surface area (TPSA) is 73.8 Å². The van der Waals surface area contributed by atoms with Crippen LogP contribution in [0.25, 0.3) is 0 Å². The van der Waals surface area contributed by atoms with Gasteiger partial charge in [-0.1, -0.05) is 23.7 Å². The van der Waals surface area contributed by atoms with Crippen LogP contribution in [0.5, 0.6) is 0 Å². The Labute approximate surface area is 160 Å². The first kappa shape index (κ1) is 22.4. The van der Waals surface area contributed by atoms with Gasteiger partial charge in [-0.2, -0.15) is 0 Å². The molecule has 23 heavy (non-hydrogen) atoms. The van der Waals surface area contributed by atoms with Gasteiger partial charge in [0.15, 0.2) is 5.96 Å². The molecule has 0 saturated carbocycles. The highest BCUT2D eigenvalue weighted by Gasteiger charge is 2.08. The lowest BCUT2D eigenvalue weighted by Gasteiger charge is -2.22. The van der Waals surface area contributed by atoms with E-state index in [2.05, 4.69) is 15.0 Å². The van der Waals surface area contributed by atoms with Crippen molar-refractivity contribution in [2.75, 3.05) is 32.9 Å². The second-order valence-corrected chi connectivity index (χ2v) is 7.29. The van der Waals surface area contributed by atoms with E-state index in [0.29, 0.717) is 30.6 Å². The Morgan fingerprint density at radius 3 is 2.61 bits per heavy atom. The number of sulfonamides is 1. The lowest BCUT2D eigenvalue weighted by Crippen LogP contribution is -2.42. The molecule has 6 nitrogen and oxygen atoms in total. The number of aliphatic imine (C=N–C) groups is 1. The van der Waals surface area contributed by atoms with Crippen molar-refractivity contribution in [3.05, 3.63) is 34.9 Å². The van der Waals surface area contributed by atoms with Crippen LogP contribution in [0.15, 0.2) is 29.3 Å². The molecule has 0 aliphatic heterocycles. The van der Waals surface area contributed by atoms with E-state index in [4.69, 9.17) is 11.6 Å². The van der Waals surface area contributed by atoms with E-state index in [1.807, 2.05) is 36.2 Å². The van der Waals surface area contributed by atoms with Gasteiger partial charge < -0.3 is 10.2 Å². The van der Waals surface area contributed by atoms with Crippen molar-refractivity contribution in [3.63, 3.8) is 0 Å². The highest BCUT2D eigenvalue weighted by molar-refractivity contribution is 14.0. The summed E-state index contributed by atoms with van der Waals surface area (Å²) in [6, 6.07) is 7.63. The lowest BCUT2D eigenvalue weighted by molar-refractivity contribution is 0.477. The van der Waals surface area contributed by atoms with Gasteiger partial charge in [0.05, 0.1) is 5.75 Å². The SMILES string of the molecule is CCS(=O)(=O)NCCNC(=NC)N(C)Cc1cccc(Cl)c1.I. The average Bonchev–Trinajstić information content (AvgIpc) is 2.47. The highest BCUT2D eigenvalue weighted by atomic mass is 127. The predicted molar refractivity (Wildman–Crippen MR) is 107 cm³/mol. The summed E-state index contributed by atoms with van der Waals surface area (Å²) in [5.74, 6) is 0.770. The van der Waals surface area contributed by atoms with Gasteiger partial charge in [0.25, 0.3) is 0 Å². The molecule has 0 saturated heterocycles. The summed E-state index contributed by atoms with van der Waals surface area (Å²) in [5.41, 5.74) is 1.07. The molecule has 0 radical (unpaired) electrons. The fourth-order valence-electron chi connectivity index (χ4n) is 1.85. The Bertz CT molecular complexity index is 611. The molecule has 9 heteroatoms. The number of hydrogen-bond donors (Lipinski definition) is 2. The molecule has 0 aliphatic rings. The molecule has 1 aromatic rings. The summed E-state index contributed by atoms with van der Waals surface area (Å²) in [4.78, 5) is 6.13. The maximum absolute atomic E-state index is 11.3. The number of hydrogen-bond acceptors (Lipinski definition) is 3. The molecule has 2 N–H and O–H groups in total. The van der Waals surface area contributed by atoms with Gasteiger partial charge in [0.2, 0.25) is 10.0 Å². The van der Waals surface area contributed by atoms with Crippen LogP contribution in [0.1, 0.15) is 12.5 Å². The Hall–Kier alpha value is -0.580. The molecule has 132 valence electrons. The van der Waals surface area contributed by atoms with Crippen molar-refractivity contribution < 1.29 is 8.42 Å². The monoisotopic (exact) mass is 474 g/mol. The first-order valence-corrected chi connectivity index (χ1v) is 9.04. The van der Waals surface area contributed by atoms with E-state index in [1.54, 1.807) is 14.0 Å². The zero-order chi connectivity index (χ0) is 16.6. The molecule has 0 spiro atoms. The van der Waals surface area contributed by atoms with E-state index < -0.39 is 10.0 Å². The Morgan fingerprint density at radius 1 is 1.35 bits per heavy atom. The molecule has 0 amide bonds. The quantitative estimate of drug-likeness (QED) is 0.274. The largest absolute Gasteiger partial charge is 0.355 e. The zero-order valence-electron chi connectivity index (χ0n) is 13.5. The molecular formula is C14H24ClIN4O2S. The van der Waals surface area contributed by atoms with Crippen LogP contribution in [-0.4, -0.2) is 52.2 Å². The van der Waals surface area contributed by atoms with Crippen molar-refractivity contribution in [1.82, 2.24) is 14.9 Å². The number of nitrogens with one attached hydrogen (secondary N) is 2. The molecule has 0 bridgehead atoms. The second kappa shape index (κ2) is 11.1. The molecule has 1 aromatic carbocycles. The molecule has 0 fully saturated rings. The van der Waals surface area contributed by atoms with Crippen molar-refractivity contribution in [3.8, 4) is 0 Å². The summed E-state index contributed by atoms with van der Waals surface area (Å²) in [6.07, 6.45) is 0. The molecule has 0 aromatic heterocycles. The second-order valence-electron chi connectivity index (χ2n) is 4.76. The summed E-state index contributed by atoms with van der Waals surface area (Å²) in [6.45, 7) is 3.04. The van der Waals surface area contributed by atoms with Crippen molar-refractivity contribution >= 4 is 51.6 Å². The molecule has 0 heterocycles. The number of rotatable bonds is 7. The zero-order valence-corrected chi connectivity index (χ0v) is 17.4. The van der Waals surface area contributed by atoms with Gasteiger partial charge in [0.1, 0.15) is 0 Å². The van der Waals surface area contributed by atoms with E-state index >= 15 is 0 Å². The maximum Gasteiger partial charge on any atom is 0.211 e. The van der Waals surface area contributed by atoms with Gasteiger partial charge in [-0.15, -0.1) is 24.0 Å². The van der Waals surface area contributed by atoms with Gasteiger partial charge in [-0.05, 0) is 24.6 Å². The molecule has 0 unspecified atom stereocenters. The van der Waals surface area contributed by atoms with Gasteiger partial charge in [-0.25, -0.2) is 13.1 Å². The predicted octanol–water partition coefficient (Wildman–Crippen LogP) is 1.90. The molecular weight excluding hydrogens is 451 g/mol. The smallest absolute Gasteiger partial charge is 0.211 e. The summed E-state index contributed by atoms with van der Waals surface area (Å²) < 4.78 is 25.2. The maximum atomic E-state index is 11.3. The number of halogens is 2. The van der Waals surface area contributed by atoms with E-state index in [9.17, 15) is 8.42 Å². The minimum Gasteiger partial charge on any atom is -0.355 e. The van der Waals surface area contributed by atoms with Gasteiger partial charge >= 0.3 is 0 Å². The van der Waals surface area contributed by atoms with Crippen molar-refractivity contribution in [1.29, 1.82) is 0 Å². The van der Waals surface area contributed by atoms with Crippen LogP contribution in [0.4, 0.5) is 0 Å². The summed E-state index contributed by atoms with van der Waals surface area (Å²) >= 11 is 5.97. The third-order valence-electron chi connectivity index (χ3n) is 2.99. The normalized spacial score (nSPS) is 11.7. The minimum atomic E-state index is -3.16. The van der Waals surface area contributed by atoms with Gasteiger partial charge in [0, 0.05) is 38.8 Å². The van der Waals surface area contributed by atoms with Gasteiger partial charge in [-0.3, -0.25) is 4.99 Å². The number of nitrogens with zero attached hydrogens (tertiary/aromatic N) is 2. The molecule has 1 rings (SSSR count). The first-order chi connectivity index (χ1) is 10.4. The highest BCUT2D eigenvalue weighted by Crippen LogP contribution is 2.12. The fraction of sp³-hybridized carbons (Fsp3) is 0.500. The number of guanidine groups is 1. The Kier molecular flexibility index (Phi) is 10.8. The summed E-state index contributed by atoms with van der Waals surface area (Å²) in [5, 5.41) is 3.81. The average molecular weight is 475 g/mol. The standard InChI is InChI=1S/C14H23ClN4O2S.HI/c1-4-22(20,21)18-9-8-17-14(16-2)19(3)11-12-6-5-7-13(15)10-12;/h5-7,10,18H,4,8-9,11H2,1-3H3,(H,16,17);1H. The van der Waals surface area contributed by atoms with Crippen LogP contribution >= 0.6 is 35.6 Å². The van der Waals surface area contributed by atoms with Crippen molar-refractivity contribution in [2.45, 2.75) is 13.5 Å². The fourth-order valence-corrected chi connectivity index (χ4v) is 2.68. The lowest BCUT2D eigenvalue weighted by atomic mass is 10.2. The minimum absolute atomic E-state index is 0. The first-order valence-electron chi connectivity index (χ1n) is 7.01. The van der Waals surface area contributed by atoms with Crippen LogP contribution in [0.2, 0.25) is 5.02 Å².